The molecule has 1 aromatic rings. The van der Waals surface area contributed by atoms with Crippen molar-refractivity contribution in [3.63, 3.8) is 0 Å². The van der Waals surface area contributed by atoms with Crippen molar-refractivity contribution in [3.05, 3.63) is 35.6 Å². The van der Waals surface area contributed by atoms with Gasteiger partial charge < -0.3 is 10.5 Å². The Balaban J connectivity index is 2.86. The molecule has 0 aromatic heterocycles. The van der Waals surface area contributed by atoms with Gasteiger partial charge in [0.15, 0.2) is 0 Å². The van der Waals surface area contributed by atoms with E-state index in [1.54, 1.807) is 19.2 Å². The zero-order valence-corrected chi connectivity index (χ0v) is 7.83. The highest BCUT2D eigenvalue weighted by atomic mass is 19.1. The summed E-state index contributed by atoms with van der Waals surface area (Å²) < 4.78 is 17.8. The van der Waals surface area contributed by atoms with E-state index in [1.165, 1.54) is 12.1 Å². The van der Waals surface area contributed by atoms with Crippen LogP contribution in [0.4, 0.5) is 4.39 Å². The predicted molar refractivity (Wildman–Crippen MR) is 49.8 cm³/mol. The standard InChI is InChI=1S/C10H14FNO/c1-7(12)10(13-2)8-3-5-9(11)6-4-8/h3-7,10H,12H2,1-2H3/t7-,10-/m0/s1. The van der Waals surface area contributed by atoms with E-state index in [0.29, 0.717) is 0 Å². The van der Waals surface area contributed by atoms with Gasteiger partial charge in [0.2, 0.25) is 0 Å². The Labute approximate surface area is 77.5 Å². The van der Waals surface area contributed by atoms with E-state index >= 15 is 0 Å². The molecule has 0 aliphatic carbocycles. The van der Waals surface area contributed by atoms with Crippen LogP contribution in [0.5, 0.6) is 0 Å². The maximum absolute atomic E-state index is 12.6. The van der Waals surface area contributed by atoms with Gasteiger partial charge in [-0.05, 0) is 24.6 Å². The topological polar surface area (TPSA) is 35.2 Å². The molecule has 0 aliphatic rings. The van der Waals surface area contributed by atoms with Gasteiger partial charge in [0.1, 0.15) is 5.82 Å². The summed E-state index contributed by atoms with van der Waals surface area (Å²) in [5.41, 5.74) is 6.60. The molecular formula is C10H14FNO. The molecule has 0 aliphatic heterocycles. The molecule has 0 spiro atoms. The van der Waals surface area contributed by atoms with Gasteiger partial charge >= 0.3 is 0 Å². The lowest BCUT2D eigenvalue weighted by Gasteiger charge is -2.19. The van der Waals surface area contributed by atoms with Gasteiger partial charge in [0.05, 0.1) is 6.10 Å². The first-order valence-electron chi connectivity index (χ1n) is 4.19. The van der Waals surface area contributed by atoms with E-state index in [4.69, 9.17) is 10.5 Å². The maximum Gasteiger partial charge on any atom is 0.123 e. The van der Waals surface area contributed by atoms with Gasteiger partial charge in [-0.1, -0.05) is 12.1 Å². The second kappa shape index (κ2) is 4.35. The third-order valence-electron chi connectivity index (χ3n) is 1.93. The number of hydrogen-bond acceptors (Lipinski definition) is 2. The number of methoxy groups -OCH3 is 1. The Bertz CT molecular complexity index is 258. The van der Waals surface area contributed by atoms with Crippen LogP contribution in [0.3, 0.4) is 0 Å². The van der Waals surface area contributed by atoms with Crippen LogP contribution >= 0.6 is 0 Å². The van der Waals surface area contributed by atoms with Crippen molar-refractivity contribution in [3.8, 4) is 0 Å². The summed E-state index contributed by atoms with van der Waals surface area (Å²) in [6, 6.07) is 6.09. The third kappa shape index (κ3) is 2.50. The van der Waals surface area contributed by atoms with E-state index < -0.39 is 0 Å². The molecule has 13 heavy (non-hydrogen) atoms. The van der Waals surface area contributed by atoms with Crippen molar-refractivity contribution in [2.45, 2.75) is 19.1 Å². The quantitative estimate of drug-likeness (QED) is 0.776. The molecule has 0 amide bonds. The predicted octanol–water partition coefficient (Wildman–Crippen LogP) is 1.86. The molecule has 2 atom stereocenters. The maximum atomic E-state index is 12.6. The number of nitrogens with two attached hydrogens (primary N) is 1. The summed E-state index contributed by atoms with van der Waals surface area (Å²) in [6.07, 6.45) is -0.166. The summed E-state index contributed by atoms with van der Waals surface area (Å²) in [5.74, 6) is -0.247. The zero-order chi connectivity index (χ0) is 9.84. The lowest BCUT2D eigenvalue weighted by molar-refractivity contribution is 0.0853. The summed E-state index contributed by atoms with van der Waals surface area (Å²) in [4.78, 5) is 0. The fraction of sp³-hybridized carbons (Fsp3) is 0.400. The van der Waals surface area contributed by atoms with Crippen LogP contribution in [0.2, 0.25) is 0 Å². The van der Waals surface area contributed by atoms with E-state index in [1.807, 2.05) is 6.92 Å². The SMILES string of the molecule is CO[C@H](c1ccc(F)cc1)[C@H](C)N. The molecule has 2 N–H and O–H groups in total. The lowest BCUT2D eigenvalue weighted by atomic mass is 10.0. The number of benzene rings is 1. The molecule has 0 saturated heterocycles. The van der Waals surface area contributed by atoms with E-state index in [2.05, 4.69) is 0 Å². The highest BCUT2D eigenvalue weighted by molar-refractivity contribution is 5.19. The average Bonchev–Trinajstić information content (AvgIpc) is 2.09. The van der Waals surface area contributed by atoms with Crippen LogP contribution < -0.4 is 5.73 Å². The van der Waals surface area contributed by atoms with Crippen molar-refractivity contribution in [1.82, 2.24) is 0 Å². The van der Waals surface area contributed by atoms with Gasteiger partial charge in [0, 0.05) is 13.2 Å². The summed E-state index contributed by atoms with van der Waals surface area (Å²) in [5, 5.41) is 0. The van der Waals surface area contributed by atoms with Gasteiger partial charge in [-0.25, -0.2) is 4.39 Å². The van der Waals surface area contributed by atoms with Crippen LogP contribution in [0.1, 0.15) is 18.6 Å². The number of halogens is 1. The molecule has 0 heterocycles. The van der Waals surface area contributed by atoms with E-state index in [0.717, 1.165) is 5.56 Å². The number of rotatable bonds is 3. The highest BCUT2D eigenvalue weighted by Gasteiger charge is 2.14. The second-order valence-corrected chi connectivity index (χ2v) is 3.07. The average molecular weight is 183 g/mol. The molecule has 0 radical (unpaired) electrons. The monoisotopic (exact) mass is 183 g/mol. The summed E-state index contributed by atoms with van der Waals surface area (Å²) in [7, 11) is 1.59. The number of hydrogen-bond donors (Lipinski definition) is 1. The normalized spacial score (nSPS) is 15.4. The minimum atomic E-state index is -0.247. The first kappa shape index (κ1) is 10.2. The molecule has 1 rings (SSSR count). The van der Waals surface area contributed by atoms with Crippen LogP contribution in [0.15, 0.2) is 24.3 Å². The molecule has 0 unspecified atom stereocenters. The smallest absolute Gasteiger partial charge is 0.123 e. The fourth-order valence-corrected chi connectivity index (χ4v) is 1.31. The van der Waals surface area contributed by atoms with Crippen LogP contribution in [0, 0.1) is 5.82 Å². The van der Waals surface area contributed by atoms with Crippen molar-refractivity contribution in [2.24, 2.45) is 5.73 Å². The Hall–Kier alpha value is -0.930. The Morgan fingerprint density at radius 3 is 2.23 bits per heavy atom. The Morgan fingerprint density at radius 2 is 1.85 bits per heavy atom. The highest BCUT2D eigenvalue weighted by Crippen LogP contribution is 2.19. The lowest BCUT2D eigenvalue weighted by Crippen LogP contribution is -2.26. The molecule has 2 nitrogen and oxygen atoms in total. The second-order valence-electron chi connectivity index (χ2n) is 3.07. The van der Waals surface area contributed by atoms with Gasteiger partial charge in [-0.3, -0.25) is 0 Å². The Kier molecular flexibility index (Phi) is 3.39. The minimum Gasteiger partial charge on any atom is -0.375 e. The molecule has 1 aromatic carbocycles. The molecule has 3 heteroatoms. The zero-order valence-electron chi connectivity index (χ0n) is 7.83. The number of ether oxygens (including phenoxy) is 1. The van der Waals surface area contributed by atoms with Crippen molar-refractivity contribution < 1.29 is 9.13 Å². The van der Waals surface area contributed by atoms with Gasteiger partial charge in [-0.15, -0.1) is 0 Å². The van der Waals surface area contributed by atoms with Crippen molar-refractivity contribution in [1.29, 1.82) is 0 Å². The molecule has 0 saturated carbocycles. The van der Waals surface area contributed by atoms with Gasteiger partial charge in [-0.2, -0.15) is 0 Å². The first-order chi connectivity index (χ1) is 6.15. The summed E-state index contributed by atoms with van der Waals surface area (Å²) in [6.45, 7) is 1.86. The van der Waals surface area contributed by atoms with E-state index in [9.17, 15) is 4.39 Å². The largest absolute Gasteiger partial charge is 0.375 e. The van der Waals surface area contributed by atoms with Crippen LogP contribution in [0.25, 0.3) is 0 Å². The molecule has 0 fully saturated rings. The van der Waals surface area contributed by atoms with E-state index in [-0.39, 0.29) is 18.0 Å². The van der Waals surface area contributed by atoms with Crippen molar-refractivity contribution in [2.75, 3.05) is 7.11 Å². The minimum absolute atomic E-state index is 0.101. The molecular weight excluding hydrogens is 169 g/mol. The van der Waals surface area contributed by atoms with Crippen LogP contribution in [-0.2, 0) is 4.74 Å². The molecule has 72 valence electrons. The van der Waals surface area contributed by atoms with Crippen molar-refractivity contribution >= 4 is 0 Å². The summed E-state index contributed by atoms with van der Waals surface area (Å²) >= 11 is 0. The molecule has 0 bridgehead atoms. The Morgan fingerprint density at radius 1 is 1.31 bits per heavy atom. The van der Waals surface area contributed by atoms with Gasteiger partial charge in [0.25, 0.3) is 0 Å². The third-order valence-corrected chi connectivity index (χ3v) is 1.93. The first-order valence-corrected chi connectivity index (χ1v) is 4.19. The van der Waals surface area contributed by atoms with Crippen LogP contribution in [-0.4, -0.2) is 13.2 Å². The fourth-order valence-electron chi connectivity index (χ4n) is 1.31.